The highest BCUT2D eigenvalue weighted by Crippen LogP contribution is 2.40. The number of hydrogen-bond donors (Lipinski definition) is 1. The van der Waals surface area contributed by atoms with Crippen LogP contribution in [0.3, 0.4) is 0 Å². The molecule has 0 aliphatic heterocycles. The first-order chi connectivity index (χ1) is 8.20. The zero-order valence-electron chi connectivity index (χ0n) is 9.86. The molecule has 1 atom stereocenters. The Bertz CT molecular complexity index is 557. The first-order valence-corrected chi connectivity index (χ1v) is 6.13. The summed E-state index contributed by atoms with van der Waals surface area (Å²) < 4.78 is 15.5. The van der Waals surface area contributed by atoms with Crippen LogP contribution in [-0.2, 0) is 0 Å². The quantitative estimate of drug-likeness (QED) is 0.885. The molecule has 3 nitrogen and oxygen atoms in total. The minimum atomic E-state index is -0.212. The van der Waals surface area contributed by atoms with Crippen molar-refractivity contribution in [3.63, 3.8) is 0 Å². The fourth-order valence-corrected chi connectivity index (χ4v) is 2.25. The van der Waals surface area contributed by atoms with Crippen molar-refractivity contribution >= 4 is 11.0 Å². The Kier molecular flexibility index (Phi) is 2.40. The van der Waals surface area contributed by atoms with Crippen LogP contribution in [-0.4, -0.2) is 9.55 Å². The van der Waals surface area contributed by atoms with Crippen LogP contribution in [0.1, 0.15) is 44.1 Å². The van der Waals surface area contributed by atoms with Gasteiger partial charge in [0.25, 0.3) is 0 Å². The molecule has 1 aromatic carbocycles. The van der Waals surface area contributed by atoms with Crippen molar-refractivity contribution in [2.75, 3.05) is 0 Å². The van der Waals surface area contributed by atoms with Crippen LogP contribution in [0.15, 0.2) is 18.2 Å². The average Bonchev–Trinajstić information content (AvgIpc) is 3.09. The molecule has 0 radical (unpaired) electrons. The number of benzene rings is 1. The van der Waals surface area contributed by atoms with E-state index >= 15 is 0 Å². The van der Waals surface area contributed by atoms with E-state index in [9.17, 15) is 4.39 Å². The van der Waals surface area contributed by atoms with Crippen molar-refractivity contribution in [3.05, 3.63) is 29.8 Å². The Hall–Kier alpha value is -1.42. The lowest BCUT2D eigenvalue weighted by molar-refractivity contribution is 0.589. The summed E-state index contributed by atoms with van der Waals surface area (Å²) in [6, 6.07) is 5.15. The molecule has 2 aromatic rings. The lowest BCUT2D eigenvalue weighted by Crippen LogP contribution is -2.15. The summed E-state index contributed by atoms with van der Waals surface area (Å²) in [5.41, 5.74) is 7.81. The molecule has 1 heterocycles. The molecule has 2 N–H and O–H groups in total. The smallest absolute Gasteiger partial charge is 0.127 e. The summed E-state index contributed by atoms with van der Waals surface area (Å²) in [6.07, 6.45) is 3.13. The summed E-state index contributed by atoms with van der Waals surface area (Å²) in [5.74, 6) is 0.687. The van der Waals surface area contributed by atoms with Gasteiger partial charge >= 0.3 is 0 Å². The third-order valence-corrected chi connectivity index (χ3v) is 3.36. The van der Waals surface area contributed by atoms with Gasteiger partial charge in [-0.15, -0.1) is 0 Å². The molecule has 3 rings (SSSR count). The zero-order valence-corrected chi connectivity index (χ0v) is 9.86. The minimum absolute atomic E-state index is 0.0638. The van der Waals surface area contributed by atoms with E-state index in [1.807, 2.05) is 6.92 Å². The van der Waals surface area contributed by atoms with Crippen LogP contribution < -0.4 is 5.73 Å². The monoisotopic (exact) mass is 233 g/mol. The van der Waals surface area contributed by atoms with Crippen LogP contribution in [0, 0.1) is 5.82 Å². The van der Waals surface area contributed by atoms with Gasteiger partial charge < -0.3 is 10.3 Å². The van der Waals surface area contributed by atoms with Gasteiger partial charge in [-0.2, -0.15) is 0 Å². The van der Waals surface area contributed by atoms with Crippen molar-refractivity contribution < 1.29 is 4.39 Å². The van der Waals surface area contributed by atoms with Crippen molar-refractivity contribution in [3.8, 4) is 0 Å². The molecule has 17 heavy (non-hydrogen) atoms. The summed E-state index contributed by atoms with van der Waals surface area (Å²) >= 11 is 0. The zero-order chi connectivity index (χ0) is 12.0. The number of nitrogens with two attached hydrogens (primary N) is 1. The molecule has 4 heteroatoms. The Labute approximate surface area is 99.4 Å². The summed E-state index contributed by atoms with van der Waals surface area (Å²) in [4.78, 5) is 4.56. The molecule has 0 saturated heterocycles. The second kappa shape index (κ2) is 3.81. The summed E-state index contributed by atoms with van der Waals surface area (Å²) in [6.45, 7) is 2.04. The van der Waals surface area contributed by atoms with Gasteiger partial charge in [-0.1, -0.05) is 6.92 Å². The van der Waals surface area contributed by atoms with E-state index in [2.05, 4.69) is 9.55 Å². The van der Waals surface area contributed by atoms with Gasteiger partial charge in [0.2, 0.25) is 0 Å². The maximum Gasteiger partial charge on any atom is 0.127 e. The highest BCUT2D eigenvalue weighted by molar-refractivity contribution is 5.76. The molecule has 1 aromatic heterocycles. The molecule has 0 amide bonds. The first-order valence-electron chi connectivity index (χ1n) is 6.13. The van der Waals surface area contributed by atoms with Gasteiger partial charge in [0.1, 0.15) is 11.6 Å². The average molecular weight is 233 g/mol. The Balaban J connectivity index is 2.23. The molecule has 1 fully saturated rings. The van der Waals surface area contributed by atoms with Crippen molar-refractivity contribution in [2.24, 2.45) is 5.73 Å². The van der Waals surface area contributed by atoms with E-state index in [0.717, 1.165) is 36.1 Å². The Morgan fingerprint density at radius 3 is 2.94 bits per heavy atom. The van der Waals surface area contributed by atoms with Crippen molar-refractivity contribution in [2.45, 2.75) is 38.3 Å². The summed E-state index contributed by atoms with van der Waals surface area (Å²) in [7, 11) is 0. The third kappa shape index (κ3) is 1.72. The lowest BCUT2D eigenvalue weighted by atomic mass is 10.2. The summed E-state index contributed by atoms with van der Waals surface area (Å²) in [5, 5.41) is 0. The molecular weight excluding hydrogens is 217 g/mol. The fourth-order valence-electron chi connectivity index (χ4n) is 2.25. The van der Waals surface area contributed by atoms with Crippen molar-refractivity contribution in [1.82, 2.24) is 9.55 Å². The highest BCUT2D eigenvalue weighted by atomic mass is 19.1. The molecular formula is C13H16FN3. The standard InChI is InChI=1S/C13H16FN3/c1-2-10(15)13-16-11-6-3-8(14)7-12(11)17(13)9-4-5-9/h3,6-7,9-10H,2,4-5,15H2,1H3. The molecule has 0 spiro atoms. The van der Waals surface area contributed by atoms with Crippen LogP contribution in [0.2, 0.25) is 0 Å². The van der Waals surface area contributed by atoms with Gasteiger partial charge in [-0.3, -0.25) is 0 Å². The molecule has 1 aliphatic rings. The number of rotatable bonds is 3. The topological polar surface area (TPSA) is 43.8 Å². The molecule has 1 saturated carbocycles. The number of aromatic nitrogens is 2. The second-order valence-electron chi connectivity index (χ2n) is 4.72. The fraction of sp³-hybridized carbons (Fsp3) is 0.462. The number of imidazole rings is 1. The van der Waals surface area contributed by atoms with E-state index in [4.69, 9.17) is 5.73 Å². The van der Waals surface area contributed by atoms with Gasteiger partial charge in [0, 0.05) is 6.04 Å². The van der Waals surface area contributed by atoms with Gasteiger partial charge in [0.15, 0.2) is 0 Å². The van der Waals surface area contributed by atoms with Crippen LogP contribution in [0.5, 0.6) is 0 Å². The number of hydrogen-bond acceptors (Lipinski definition) is 2. The second-order valence-corrected chi connectivity index (χ2v) is 4.72. The first kappa shape index (κ1) is 10.7. The molecule has 1 aliphatic carbocycles. The van der Waals surface area contributed by atoms with Gasteiger partial charge in [-0.05, 0) is 37.5 Å². The number of nitrogens with zero attached hydrogens (tertiary/aromatic N) is 2. The highest BCUT2D eigenvalue weighted by Gasteiger charge is 2.29. The maximum absolute atomic E-state index is 13.3. The van der Waals surface area contributed by atoms with E-state index < -0.39 is 0 Å². The van der Waals surface area contributed by atoms with Crippen LogP contribution in [0.25, 0.3) is 11.0 Å². The lowest BCUT2D eigenvalue weighted by Gasteiger charge is -2.12. The third-order valence-electron chi connectivity index (χ3n) is 3.36. The van der Waals surface area contributed by atoms with Gasteiger partial charge in [0.05, 0.1) is 17.1 Å². The van der Waals surface area contributed by atoms with E-state index in [1.165, 1.54) is 6.07 Å². The largest absolute Gasteiger partial charge is 0.323 e. The Morgan fingerprint density at radius 2 is 2.29 bits per heavy atom. The van der Waals surface area contributed by atoms with Gasteiger partial charge in [-0.25, -0.2) is 9.37 Å². The Morgan fingerprint density at radius 1 is 1.53 bits per heavy atom. The van der Waals surface area contributed by atoms with E-state index in [0.29, 0.717) is 6.04 Å². The predicted octanol–water partition coefficient (Wildman–Crippen LogP) is 2.92. The van der Waals surface area contributed by atoms with Crippen LogP contribution in [0.4, 0.5) is 4.39 Å². The maximum atomic E-state index is 13.3. The number of halogens is 1. The minimum Gasteiger partial charge on any atom is -0.323 e. The van der Waals surface area contributed by atoms with E-state index in [1.54, 1.807) is 12.1 Å². The molecule has 90 valence electrons. The molecule has 1 unspecified atom stereocenters. The van der Waals surface area contributed by atoms with Crippen molar-refractivity contribution in [1.29, 1.82) is 0 Å². The SMILES string of the molecule is CCC(N)c1nc2ccc(F)cc2n1C1CC1. The normalized spacial score (nSPS) is 17.6. The van der Waals surface area contributed by atoms with E-state index in [-0.39, 0.29) is 11.9 Å². The number of fused-ring (bicyclic) bond motifs is 1. The predicted molar refractivity (Wildman–Crippen MR) is 65.2 cm³/mol. The molecule has 0 bridgehead atoms. The van der Waals surface area contributed by atoms with Crippen LogP contribution >= 0.6 is 0 Å².